The minimum Gasteiger partial charge on any atom is -0.489 e. The van der Waals surface area contributed by atoms with E-state index in [0.29, 0.717) is 13.2 Å². The molecule has 0 unspecified atom stereocenters. The molecule has 1 N–H and O–H groups in total. The van der Waals surface area contributed by atoms with E-state index in [-0.39, 0.29) is 6.61 Å². The molecule has 19 heavy (non-hydrogen) atoms. The maximum atomic E-state index is 8.97. The average molecular weight is 258 g/mol. The SMILES string of the molecule is COCc1cccc(OCc2ccc(CO)cc2)c1. The highest BCUT2D eigenvalue weighted by Crippen LogP contribution is 2.16. The van der Waals surface area contributed by atoms with Gasteiger partial charge >= 0.3 is 0 Å². The van der Waals surface area contributed by atoms with Gasteiger partial charge in [0.2, 0.25) is 0 Å². The maximum Gasteiger partial charge on any atom is 0.120 e. The molecule has 0 heterocycles. The second-order valence-electron chi connectivity index (χ2n) is 4.34. The molecule has 0 fully saturated rings. The van der Waals surface area contributed by atoms with Crippen molar-refractivity contribution in [1.29, 1.82) is 0 Å². The average Bonchev–Trinajstić information content (AvgIpc) is 2.46. The van der Waals surface area contributed by atoms with Gasteiger partial charge in [-0.2, -0.15) is 0 Å². The fourth-order valence-corrected chi connectivity index (χ4v) is 1.80. The zero-order chi connectivity index (χ0) is 13.5. The normalized spacial score (nSPS) is 10.4. The zero-order valence-electron chi connectivity index (χ0n) is 11.0. The van der Waals surface area contributed by atoms with Crippen molar-refractivity contribution in [1.82, 2.24) is 0 Å². The largest absolute Gasteiger partial charge is 0.489 e. The Labute approximate surface area is 113 Å². The highest BCUT2D eigenvalue weighted by molar-refractivity contribution is 5.29. The Hall–Kier alpha value is -1.84. The molecule has 0 spiro atoms. The second kappa shape index (κ2) is 6.92. The van der Waals surface area contributed by atoms with Crippen molar-refractivity contribution < 1.29 is 14.6 Å². The summed E-state index contributed by atoms with van der Waals surface area (Å²) in [6.45, 7) is 1.17. The van der Waals surface area contributed by atoms with Crippen LogP contribution >= 0.6 is 0 Å². The molecule has 2 rings (SSSR count). The Balaban J connectivity index is 1.95. The van der Waals surface area contributed by atoms with Crippen LogP contribution in [0.4, 0.5) is 0 Å². The van der Waals surface area contributed by atoms with Crippen LogP contribution in [-0.4, -0.2) is 12.2 Å². The summed E-state index contributed by atoms with van der Waals surface area (Å²) in [5.74, 6) is 0.834. The summed E-state index contributed by atoms with van der Waals surface area (Å²) in [7, 11) is 1.68. The van der Waals surface area contributed by atoms with Gasteiger partial charge in [-0.1, -0.05) is 36.4 Å². The Morgan fingerprint density at radius 2 is 1.63 bits per heavy atom. The lowest BCUT2D eigenvalue weighted by atomic mass is 10.1. The van der Waals surface area contributed by atoms with Gasteiger partial charge in [-0.05, 0) is 28.8 Å². The summed E-state index contributed by atoms with van der Waals surface area (Å²) in [5.41, 5.74) is 3.08. The van der Waals surface area contributed by atoms with E-state index in [1.807, 2.05) is 48.5 Å². The Morgan fingerprint density at radius 1 is 0.895 bits per heavy atom. The molecular formula is C16H18O3. The van der Waals surface area contributed by atoms with Crippen LogP contribution in [-0.2, 0) is 24.6 Å². The number of rotatable bonds is 6. The predicted octanol–water partition coefficient (Wildman–Crippen LogP) is 2.90. The third-order valence-corrected chi connectivity index (χ3v) is 2.82. The first kappa shape index (κ1) is 13.6. The minimum absolute atomic E-state index is 0.0696. The molecule has 0 aromatic heterocycles. The number of aliphatic hydroxyl groups excluding tert-OH is 1. The van der Waals surface area contributed by atoms with Crippen molar-refractivity contribution in [3.63, 3.8) is 0 Å². The van der Waals surface area contributed by atoms with Crippen molar-refractivity contribution >= 4 is 0 Å². The molecule has 3 nitrogen and oxygen atoms in total. The predicted molar refractivity (Wildman–Crippen MR) is 73.9 cm³/mol. The lowest BCUT2D eigenvalue weighted by Crippen LogP contribution is -1.97. The quantitative estimate of drug-likeness (QED) is 0.866. The van der Waals surface area contributed by atoms with Crippen molar-refractivity contribution in [3.8, 4) is 5.75 Å². The lowest BCUT2D eigenvalue weighted by molar-refractivity contribution is 0.184. The Bertz CT molecular complexity index is 506. The molecule has 100 valence electrons. The van der Waals surface area contributed by atoms with E-state index in [1.165, 1.54) is 0 Å². The molecule has 2 aromatic carbocycles. The Morgan fingerprint density at radius 3 is 2.32 bits per heavy atom. The van der Waals surface area contributed by atoms with Gasteiger partial charge in [-0.3, -0.25) is 0 Å². The first-order valence-corrected chi connectivity index (χ1v) is 6.21. The summed E-state index contributed by atoms with van der Waals surface area (Å²) >= 11 is 0. The summed E-state index contributed by atoms with van der Waals surface area (Å²) in [6, 6.07) is 15.6. The fraction of sp³-hybridized carbons (Fsp3) is 0.250. The molecule has 0 amide bonds. The van der Waals surface area contributed by atoms with Crippen molar-refractivity contribution in [2.75, 3.05) is 7.11 Å². The monoisotopic (exact) mass is 258 g/mol. The van der Waals surface area contributed by atoms with Gasteiger partial charge in [0.1, 0.15) is 12.4 Å². The minimum atomic E-state index is 0.0696. The van der Waals surface area contributed by atoms with Crippen molar-refractivity contribution in [3.05, 3.63) is 65.2 Å². The first-order chi connectivity index (χ1) is 9.31. The molecule has 0 aliphatic carbocycles. The van der Waals surface area contributed by atoms with Gasteiger partial charge in [0.25, 0.3) is 0 Å². The van der Waals surface area contributed by atoms with Crippen LogP contribution in [0.15, 0.2) is 48.5 Å². The maximum absolute atomic E-state index is 8.97. The smallest absolute Gasteiger partial charge is 0.120 e. The molecule has 0 atom stereocenters. The summed E-state index contributed by atoms with van der Waals surface area (Å²) in [6.07, 6.45) is 0. The van der Waals surface area contributed by atoms with Crippen molar-refractivity contribution in [2.24, 2.45) is 0 Å². The third kappa shape index (κ3) is 4.09. The van der Waals surface area contributed by atoms with Crippen LogP contribution < -0.4 is 4.74 Å². The van der Waals surface area contributed by atoms with Crippen LogP contribution in [0.2, 0.25) is 0 Å². The molecule has 0 saturated carbocycles. The van der Waals surface area contributed by atoms with E-state index in [2.05, 4.69) is 0 Å². The topological polar surface area (TPSA) is 38.7 Å². The highest BCUT2D eigenvalue weighted by Gasteiger charge is 1.99. The molecule has 0 radical (unpaired) electrons. The summed E-state index contributed by atoms with van der Waals surface area (Å²) in [5, 5.41) is 8.97. The lowest BCUT2D eigenvalue weighted by Gasteiger charge is -2.08. The molecule has 0 aliphatic rings. The number of benzene rings is 2. The van der Waals surface area contributed by atoms with E-state index in [1.54, 1.807) is 7.11 Å². The van der Waals surface area contributed by atoms with Gasteiger partial charge in [0, 0.05) is 7.11 Å². The van der Waals surface area contributed by atoms with Gasteiger partial charge in [-0.25, -0.2) is 0 Å². The van der Waals surface area contributed by atoms with Crippen LogP contribution in [0.5, 0.6) is 5.75 Å². The fourth-order valence-electron chi connectivity index (χ4n) is 1.80. The molecule has 0 aliphatic heterocycles. The van der Waals surface area contributed by atoms with Gasteiger partial charge in [0.15, 0.2) is 0 Å². The molecule has 0 bridgehead atoms. The zero-order valence-corrected chi connectivity index (χ0v) is 11.0. The number of hydrogen-bond acceptors (Lipinski definition) is 3. The molecule has 0 saturated heterocycles. The number of hydrogen-bond donors (Lipinski definition) is 1. The van der Waals surface area contributed by atoms with Crippen LogP contribution in [0.25, 0.3) is 0 Å². The highest BCUT2D eigenvalue weighted by atomic mass is 16.5. The van der Waals surface area contributed by atoms with Gasteiger partial charge < -0.3 is 14.6 Å². The van der Waals surface area contributed by atoms with E-state index in [9.17, 15) is 0 Å². The van der Waals surface area contributed by atoms with Crippen LogP contribution in [0, 0.1) is 0 Å². The second-order valence-corrected chi connectivity index (χ2v) is 4.34. The van der Waals surface area contributed by atoms with Gasteiger partial charge in [0.05, 0.1) is 13.2 Å². The van der Waals surface area contributed by atoms with E-state index < -0.39 is 0 Å². The number of aliphatic hydroxyl groups is 1. The van der Waals surface area contributed by atoms with E-state index in [4.69, 9.17) is 14.6 Å². The standard InChI is InChI=1S/C16H18O3/c1-18-11-15-3-2-4-16(9-15)19-12-14-7-5-13(10-17)6-8-14/h2-9,17H,10-12H2,1H3. The van der Waals surface area contributed by atoms with Crippen LogP contribution in [0.3, 0.4) is 0 Å². The summed E-state index contributed by atoms with van der Waals surface area (Å²) in [4.78, 5) is 0. The number of ether oxygens (including phenoxy) is 2. The van der Waals surface area contributed by atoms with E-state index in [0.717, 1.165) is 22.4 Å². The molecule has 2 aromatic rings. The first-order valence-electron chi connectivity index (χ1n) is 6.21. The van der Waals surface area contributed by atoms with E-state index >= 15 is 0 Å². The third-order valence-electron chi connectivity index (χ3n) is 2.82. The van der Waals surface area contributed by atoms with Crippen molar-refractivity contribution in [2.45, 2.75) is 19.8 Å². The Kier molecular flexibility index (Phi) is 4.95. The summed E-state index contributed by atoms with van der Waals surface area (Å²) < 4.78 is 10.8. The van der Waals surface area contributed by atoms with Crippen LogP contribution in [0.1, 0.15) is 16.7 Å². The molecule has 3 heteroatoms. The van der Waals surface area contributed by atoms with Gasteiger partial charge in [-0.15, -0.1) is 0 Å². The number of methoxy groups -OCH3 is 1. The molecular weight excluding hydrogens is 240 g/mol.